The topological polar surface area (TPSA) is 49.2 Å². The predicted octanol–water partition coefficient (Wildman–Crippen LogP) is 5.89. The van der Waals surface area contributed by atoms with E-state index in [-0.39, 0.29) is 6.23 Å². The number of aromatic nitrogens is 3. The molecule has 0 spiro atoms. The van der Waals surface area contributed by atoms with Gasteiger partial charge in [0.15, 0.2) is 6.23 Å². The molecule has 1 saturated heterocycles. The smallest absolute Gasteiger partial charge is 0.150 e. The van der Waals surface area contributed by atoms with Crippen LogP contribution in [-0.4, -0.2) is 21.4 Å². The lowest BCUT2D eigenvalue weighted by atomic mass is 10.0. The second-order valence-electron chi connectivity index (χ2n) is 7.68. The molecule has 3 heterocycles. The van der Waals surface area contributed by atoms with E-state index in [4.69, 9.17) is 14.6 Å². The minimum absolute atomic E-state index is 0.0680. The lowest BCUT2D eigenvalue weighted by Crippen LogP contribution is -2.20. The maximum atomic E-state index is 6.29. The Hall–Kier alpha value is -3.44. The summed E-state index contributed by atoms with van der Waals surface area (Å²) in [7, 11) is 0. The zero-order chi connectivity index (χ0) is 20.9. The summed E-state index contributed by atoms with van der Waals surface area (Å²) >= 11 is 0. The molecule has 0 aliphatic carbocycles. The summed E-state index contributed by atoms with van der Waals surface area (Å²) in [5, 5.41) is 4.77. The van der Waals surface area contributed by atoms with E-state index in [1.807, 2.05) is 71.8 Å². The first-order chi connectivity index (χ1) is 15.4. The number of benzene rings is 2. The minimum atomic E-state index is -0.0680. The fourth-order valence-electron chi connectivity index (χ4n) is 4.03. The van der Waals surface area contributed by atoms with Crippen LogP contribution < -0.4 is 4.74 Å². The molecule has 0 saturated carbocycles. The fraction of sp³-hybridized carbons (Fsp3) is 0.231. The Morgan fingerprint density at radius 2 is 1.71 bits per heavy atom. The van der Waals surface area contributed by atoms with E-state index >= 15 is 0 Å². The molecule has 1 aliphatic rings. The molecule has 2 aromatic heterocycles. The van der Waals surface area contributed by atoms with Crippen LogP contribution in [0, 0.1) is 0 Å². The Labute approximate surface area is 182 Å². The summed E-state index contributed by atoms with van der Waals surface area (Å²) in [5.41, 5.74) is 5.28. The third kappa shape index (κ3) is 4.23. The molecular weight excluding hydrogens is 386 g/mol. The van der Waals surface area contributed by atoms with Gasteiger partial charge in [0.2, 0.25) is 0 Å². The summed E-state index contributed by atoms with van der Waals surface area (Å²) in [5.74, 6) is 0.833. The maximum Gasteiger partial charge on any atom is 0.150 e. The third-order valence-electron chi connectivity index (χ3n) is 5.59. The molecule has 31 heavy (non-hydrogen) atoms. The number of rotatable bonds is 6. The zero-order valence-electron chi connectivity index (χ0n) is 17.4. The van der Waals surface area contributed by atoms with Gasteiger partial charge >= 0.3 is 0 Å². The van der Waals surface area contributed by atoms with Gasteiger partial charge in [-0.25, -0.2) is 4.68 Å². The monoisotopic (exact) mass is 411 g/mol. The first kappa shape index (κ1) is 19.5. The Balaban J connectivity index is 1.58. The molecule has 5 nitrogen and oxygen atoms in total. The largest absolute Gasteiger partial charge is 0.488 e. The van der Waals surface area contributed by atoms with Gasteiger partial charge in [-0.15, -0.1) is 0 Å². The van der Waals surface area contributed by atoms with E-state index in [9.17, 15) is 0 Å². The summed E-state index contributed by atoms with van der Waals surface area (Å²) in [6.07, 6.45) is 8.67. The average Bonchev–Trinajstić information content (AvgIpc) is 3.30. The van der Waals surface area contributed by atoms with Crippen molar-refractivity contribution in [1.29, 1.82) is 0 Å². The summed E-state index contributed by atoms with van der Waals surface area (Å²) in [6.45, 7) is 1.28. The zero-order valence-corrected chi connectivity index (χ0v) is 17.4. The standard InChI is InChI=1S/C26H25N3O2/c1-2-8-20(9-3-1)19-31-24-11-5-4-10-22(24)26-23(21-13-15-27-16-14-21)18-28-29(26)25-12-6-7-17-30-25/h1-5,8-11,13-16,18,25H,6-7,12,17,19H2. The third-order valence-corrected chi connectivity index (χ3v) is 5.59. The molecule has 1 unspecified atom stereocenters. The Morgan fingerprint density at radius 3 is 2.52 bits per heavy atom. The Morgan fingerprint density at radius 1 is 0.903 bits per heavy atom. The molecule has 2 aromatic carbocycles. The van der Waals surface area contributed by atoms with Crippen molar-refractivity contribution < 1.29 is 9.47 Å². The summed E-state index contributed by atoms with van der Waals surface area (Å²) in [4.78, 5) is 4.17. The van der Waals surface area contributed by atoms with Crippen LogP contribution in [-0.2, 0) is 11.3 Å². The van der Waals surface area contributed by atoms with E-state index in [0.717, 1.165) is 59.6 Å². The van der Waals surface area contributed by atoms with Crippen LogP contribution in [0.4, 0.5) is 0 Å². The lowest BCUT2D eigenvalue weighted by molar-refractivity contribution is -0.0383. The Bertz CT molecular complexity index is 1120. The molecule has 4 aromatic rings. The van der Waals surface area contributed by atoms with Crippen LogP contribution in [0.2, 0.25) is 0 Å². The first-order valence-electron chi connectivity index (χ1n) is 10.8. The van der Waals surface area contributed by atoms with Crippen molar-refractivity contribution in [3.05, 3.63) is 90.9 Å². The number of ether oxygens (including phenoxy) is 2. The molecule has 1 fully saturated rings. The van der Waals surface area contributed by atoms with Gasteiger partial charge in [0.05, 0.1) is 11.9 Å². The lowest BCUT2D eigenvalue weighted by Gasteiger charge is -2.25. The van der Waals surface area contributed by atoms with Gasteiger partial charge in [-0.3, -0.25) is 4.98 Å². The molecule has 1 aliphatic heterocycles. The minimum Gasteiger partial charge on any atom is -0.488 e. The number of hydrogen-bond donors (Lipinski definition) is 0. The SMILES string of the molecule is c1ccc(COc2ccccc2-c2c(-c3ccncc3)cnn2C2CCCCO2)cc1. The normalized spacial score (nSPS) is 16.2. The number of pyridine rings is 1. The van der Waals surface area contributed by atoms with Crippen molar-refractivity contribution >= 4 is 0 Å². The van der Waals surface area contributed by atoms with Gasteiger partial charge < -0.3 is 9.47 Å². The van der Waals surface area contributed by atoms with Gasteiger partial charge in [0.1, 0.15) is 12.4 Å². The van der Waals surface area contributed by atoms with E-state index in [2.05, 4.69) is 23.2 Å². The molecule has 1 atom stereocenters. The predicted molar refractivity (Wildman–Crippen MR) is 121 cm³/mol. The van der Waals surface area contributed by atoms with E-state index in [1.165, 1.54) is 0 Å². The van der Waals surface area contributed by atoms with Crippen molar-refractivity contribution in [2.75, 3.05) is 6.61 Å². The van der Waals surface area contributed by atoms with Crippen molar-refractivity contribution in [1.82, 2.24) is 14.8 Å². The second-order valence-corrected chi connectivity index (χ2v) is 7.68. The van der Waals surface area contributed by atoms with E-state index in [1.54, 1.807) is 0 Å². The molecular formula is C26H25N3O2. The van der Waals surface area contributed by atoms with Crippen LogP contribution in [0.25, 0.3) is 22.4 Å². The number of para-hydroxylation sites is 1. The highest BCUT2D eigenvalue weighted by molar-refractivity contribution is 5.83. The number of nitrogens with zero attached hydrogens (tertiary/aromatic N) is 3. The van der Waals surface area contributed by atoms with Crippen molar-refractivity contribution in [3.8, 4) is 28.1 Å². The summed E-state index contributed by atoms with van der Waals surface area (Å²) < 4.78 is 14.4. The van der Waals surface area contributed by atoms with Crippen LogP contribution in [0.1, 0.15) is 31.1 Å². The van der Waals surface area contributed by atoms with Gasteiger partial charge in [0.25, 0.3) is 0 Å². The van der Waals surface area contributed by atoms with Crippen molar-refractivity contribution in [3.63, 3.8) is 0 Å². The van der Waals surface area contributed by atoms with Crippen LogP contribution in [0.5, 0.6) is 5.75 Å². The molecule has 0 bridgehead atoms. The maximum absolute atomic E-state index is 6.29. The van der Waals surface area contributed by atoms with Gasteiger partial charge in [0, 0.05) is 30.1 Å². The molecule has 0 N–H and O–H groups in total. The van der Waals surface area contributed by atoms with Crippen LogP contribution in [0.15, 0.2) is 85.3 Å². The van der Waals surface area contributed by atoms with Crippen molar-refractivity contribution in [2.24, 2.45) is 0 Å². The van der Waals surface area contributed by atoms with Crippen LogP contribution in [0.3, 0.4) is 0 Å². The molecule has 5 heteroatoms. The van der Waals surface area contributed by atoms with Gasteiger partial charge in [-0.05, 0) is 54.7 Å². The summed E-state index contributed by atoms with van der Waals surface area (Å²) in [6, 6.07) is 22.4. The molecule has 0 amide bonds. The van der Waals surface area contributed by atoms with Crippen molar-refractivity contribution in [2.45, 2.75) is 32.1 Å². The molecule has 0 radical (unpaired) electrons. The second kappa shape index (κ2) is 9.14. The first-order valence-corrected chi connectivity index (χ1v) is 10.8. The van der Waals surface area contributed by atoms with Gasteiger partial charge in [-0.2, -0.15) is 5.10 Å². The molecule has 5 rings (SSSR count). The highest BCUT2D eigenvalue weighted by atomic mass is 16.5. The van der Waals surface area contributed by atoms with Crippen LogP contribution >= 0.6 is 0 Å². The highest BCUT2D eigenvalue weighted by Gasteiger charge is 2.25. The fourth-order valence-corrected chi connectivity index (χ4v) is 4.03. The van der Waals surface area contributed by atoms with Gasteiger partial charge in [-0.1, -0.05) is 42.5 Å². The Kier molecular flexibility index (Phi) is 5.76. The average molecular weight is 412 g/mol. The highest BCUT2D eigenvalue weighted by Crippen LogP contribution is 2.40. The molecule has 156 valence electrons. The van der Waals surface area contributed by atoms with E-state index < -0.39 is 0 Å². The van der Waals surface area contributed by atoms with E-state index in [0.29, 0.717) is 6.61 Å². The number of hydrogen-bond acceptors (Lipinski definition) is 4. The quantitative estimate of drug-likeness (QED) is 0.397.